The molecule has 4 nitrogen and oxygen atoms in total. The summed E-state index contributed by atoms with van der Waals surface area (Å²) in [5.74, 6) is -0.842. The van der Waals surface area contributed by atoms with Crippen molar-refractivity contribution >= 4 is 5.97 Å². The molecule has 1 aromatic rings. The summed E-state index contributed by atoms with van der Waals surface area (Å²) >= 11 is 0. The molecule has 1 fully saturated rings. The van der Waals surface area contributed by atoms with Gasteiger partial charge >= 0.3 is 5.97 Å². The van der Waals surface area contributed by atoms with Crippen LogP contribution in [0.4, 0.5) is 0 Å². The van der Waals surface area contributed by atoms with Crippen molar-refractivity contribution in [1.29, 1.82) is 0 Å². The molecule has 0 amide bonds. The van der Waals surface area contributed by atoms with E-state index in [0.29, 0.717) is 6.04 Å². The molecular weight excluding hydrogens is 204 g/mol. The summed E-state index contributed by atoms with van der Waals surface area (Å²) in [5.41, 5.74) is -0.254. The van der Waals surface area contributed by atoms with E-state index in [-0.39, 0.29) is 0 Å². The molecule has 2 N–H and O–H groups in total. The minimum Gasteiger partial charge on any atom is -0.480 e. The van der Waals surface area contributed by atoms with Gasteiger partial charge in [-0.25, -0.2) is 4.79 Å². The molecule has 2 rings (SSSR count). The Morgan fingerprint density at radius 3 is 2.56 bits per heavy atom. The lowest BCUT2D eigenvalue weighted by Gasteiger charge is -2.36. The molecule has 86 valence electrons. The maximum Gasteiger partial charge on any atom is 0.328 e. The zero-order valence-electron chi connectivity index (χ0n) is 9.31. The normalized spacial score (nSPS) is 19.8. The van der Waals surface area contributed by atoms with E-state index in [9.17, 15) is 9.90 Å². The van der Waals surface area contributed by atoms with Gasteiger partial charge in [0.05, 0.1) is 0 Å². The van der Waals surface area contributed by atoms with Crippen LogP contribution >= 0.6 is 0 Å². The maximum absolute atomic E-state index is 11.4. The Kier molecular flexibility index (Phi) is 2.92. The summed E-state index contributed by atoms with van der Waals surface area (Å²) < 4.78 is 0. The Hall–Kier alpha value is -1.42. The van der Waals surface area contributed by atoms with Gasteiger partial charge < -0.3 is 5.11 Å². The topological polar surface area (TPSA) is 62.2 Å². The molecule has 4 heteroatoms. The number of nitrogens with zero attached hydrogens (tertiary/aromatic N) is 1. The van der Waals surface area contributed by atoms with Crippen LogP contribution in [-0.2, 0) is 10.3 Å². The van der Waals surface area contributed by atoms with E-state index < -0.39 is 11.5 Å². The quantitative estimate of drug-likeness (QED) is 0.807. The first-order chi connectivity index (χ1) is 7.63. The average Bonchev–Trinajstić information content (AvgIpc) is 2.24. The second kappa shape index (κ2) is 4.22. The molecule has 0 saturated heterocycles. The smallest absolute Gasteiger partial charge is 0.328 e. The van der Waals surface area contributed by atoms with E-state index in [1.807, 2.05) is 0 Å². The van der Waals surface area contributed by atoms with Gasteiger partial charge in [0.1, 0.15) is 5.54 Å². The van der Waals surface area contributed by atoms with Gasteiger partial charge in [-0.05, 0) is 37.5 Å². The first-order valence-electron chi connectivity index (χ1n) is 5.54. The number of hydrogen-bond acceptors (Lipinski definition) is 3. The van der Waals surface area contributed by atoms with Crippen LogP contribution in [0.5, 0.6) is 0 Å². The second-order valence-corrected chi connectivity index (χ2v) is 4.44. The standard InChI is InChI=1S/C12H16N2O2/c1-12(11(15)16,14-10-3-2-4-10)9-5-7-13-8-6-9/h5-8,10,14H,2-4H2,1H3,(H,15,16). The molecule has 0 spiro atoms. The van der Waals surface area contributed by atoms with Crippen LogP contribution in [0.2, 0.25) is 0 Å². The third-order valence-electron chi connectivity index (χ3n) is 3.28. The van der Waals surface area contributed by atoms with Gasteiger partial charge in [0, 0.05) is 18.4 Å². The predicted molar refractivity (Wildman–Crippen MR) is 60.0 cm³/mol. The third kappa shape index (κ3) is 1.93. The number of aromatic nitrogens is 1. The molecule has 1 atom stereocenters. The molecule has 0 aromatic carbocycles. The number of hydrogen-bond donors (Lipinski definition) is 2. The maximum atomic E-state index is 11.4. The zero-order chi connectivity index (χ0) is 11.6. The number of carbonyl (C=O) groups is 1. The lowest BCUT2D eigenvalue weighted by atomic mass is 9.86. The molecule has 1 saturated carbocycles. The highest BCUT2D eigenvalue weighted by atomic mass is 16.4. The van der Waals surface area contributed by atoms with Gasteiger partial charge in [0.2, 0.25) is 0 Å². The molecule has 16 heavy (non-hydrogen) atoms. The first kappa shape index (κ1) is 11.1. The third-order valence-corrected chi connectivity index (χ3v) is 3.28. The largest absolute Gasteiger partial charge is 0.480 e. The van der Waals surface area contributed by atoms with E-state index in [1.54, 1.807) is 31.5 Å². The van der Waals surface area contributed by atoms with E-state index in [0.717, 1.165) is 18.4 Å². The number of nitrogens with one attached hydrogen (secondary N) is 1. The Bertz CT molecular complexity index is 376. The fourth-order valence-electron chi connectivity index (χ4n) is 1.91. The Balaban J connectivity index is 2.24. The predicted octanol–water partition coefficient (Wildman–Crippen LogP) is 1.52. The van der Waals surface area contributed by atoms with Crippen LogP contribution in [0.1, 0.15) is 31.7 Å². The summed E-state index contributed by atoms with van der Waals surface area (Å²) in [4.78, 5) is 15.3. The summed E-state index contributed by atoms with van der Waals surface area (Å²) in [5, 5.41) is 12.6. The molecule has 1 aromatic heterocycles. The Labute approximate surface area is 94.7 Å². The van der Waals surface area contributed by atoms with Crippen LogP contribution in [0, 0.1) is 0 Å². The highest BCUT2D eigenvalue weighted by Crippen LogP contribution is 2.27. The van der Waals surface area contributed by atoms with Crippen molar-refractivity contribution in [2.45, 2.75) is 37.8 Å². The van der Waals surface area contributed by atoms with Crippen molar-refractivity contribution in [2.75, 3.05) is 0 Å². The van der Waals surface area contributed by atoms with Crippen molar-refractivity contribution in [2.24, 2.45) is 0 Å². The van der Waals surface area contributed by atoms with Gasteiger partial charge in [-0.2, -0.15) is 0 Å². The number of carboxylic acids is 1. The van der Waals surface area contributed by atoms with Gasteiger partial charge in [-0.1, -0.05) is 6.42 Å². The molecule has 0 bridgehead atoms. The summed E-state index contributed by atoms with van der Waals surface area (Å²) in [6.07, 6.45) is 6.56. The summed E-state index contributed by atoms with van der Waals surface area (Å²) in [7, 11) is 0. The minimum absolute atomic E-state index is 0.328. The van der Waals surface area contributed by atoms with Crippen LogP contribution < -0.4 is 5.32 Å². The molecule has 1 aliphatic rings. The SMILES string of the molecule is CC(NC1CCC1)(C(=O)O)c1ccncc1. The van der Waals surface area contributed by atoms with Crippen LogP contribution in [0.15, 0.2) is 24.5 Å². The van der Waals surface area contributed by atoms with Gasteiger partial charge in [0.25, 0.3) is 0 Å². The molecular formula is C12H16N2O2. The van der Waals surface area contributed by atoms with E-state index in [4.69, 9.17) is 0 Å². The second-order valence-electron chi connectivity index (χ2n) is 4.44. The number of aliphatic carboxylic acids is 1. The fraction of sp³-hybridized carbons (Fsp3) is 0.500. The fourth-order valence-corrected chi connectivity index (χ4v) is 1.91. The first-order valence-corrected chi connectivity index (χ1v) is 5.54. The van der Waals surface area contributed by atoms with Crippen LogP contribution in [-0.4, -0.2) is 22.1 Å². The Morgan fingerprint density at radius 1 is 1.50 bits per heavy atom. The lowest BCUT2D eigenvalue weighted by molar-refractivity contribution is -0.145. The van der Waals surface area contributed by atoms with Crippen LogP contribution in [0.25, 0.3) is 0 Å². The van der Waals surface area contributed by atoms with Gasteiger partial charge in [0.15, 0.2) is 0 Å². The summed E-state index contributed by atoms with van der Waals surface area (Å²) in [6.45, 7) is 1.71. The number of carboxylic acid groups (broad SMARTS) is 1. The highest BCUT2D eigenvalue weighted by Gasteiger charge is 2.38. The van der Waals surface area contributed by atoms with Crippen molar-refractivity contribution in [3.8, 4) is 0 Å². The lowest BCUT2D eigenvalue weighted by Crippen LogP contribution is -2.53. The number of pyridine rings is 1. The van der Waals surface area contributed by atoms with Gasteiger partial charge in [-0.15, -0.1) is 0 Å². The van der Waals surface area contributed by atoms with Crippen molar-refractivity contribution in [3.63, 3.8) is 0 Å². The monoisotopic (exact) mass is 220 g/mol. The molecule has 0 aliphatic heterocycles. The minimum atomic E-state index is -1.01. The highest BCUT2D eigenvalue weighted by molar-refractivity contribution is 5.80. The van der Waals surface area contributed by atoms with Crippen LogP contribution in [0.3, 0.4) is 0 Å². The van der Waals surface area contributed by atoms with Gasteiger partial charge in [-0.3, -0.25) is 10.3 Å². The summed E-state index contributed by atoms with van der Waals surface area (Å²) in [6, 6.07) is 3.83. The zero-order valence-corrected chi connectivity index (χ0v) is 9.31. The molecule has 1 aliphatic carbocycles. The van der Waals surface area contributed by atoms with Crippen molar-refractivity contribution in [1.82, 2.24) is 10.3 Å². The molecule has 1 unspecified atom stereocenters. The molecule has 0 radical (unpaired) electrons. The average molecular weight is 220 g/mol. The Morgan fingerprint density at radius 2 is 2.12 bits per heavy atom. The van der Waals surface area contributed by atoms with E-state index in [1.165, 1.54) is 6.42 Å². The van der Waals surface area contributed by atoms with Crippen molar-refractivity contribution in [3.05, 3.63) is 30.1 Å². The molecule has 1 heterocycles. The van der Waals surface area contributed by atoms with Crippen molar-refractivity contribution < 1.29 is 9.90 Å². The number of rotatable bonds is 4. The van der Waals surface area contributed by atoms with E-state index >= 15 is 0 Å². The van der Waals surface area contributed by atoms with E-state index in [2.05, 4.69) is 10.3 Å².